The second kappa shape index (κ2) is 6.67. The van der Waals surface area contributed by atoms with E-state index in [2.05, 4.69) is 45.5 Å². The summed E-state index contributed by atoms with van der Waals surface area (Å²) in [5.41, 5.74) is 4.84. The minimum atomic E-state index is 0.527. The average Bonchev–Trinajstić information content (AvgIpc) is 3.24. The van der Waals surface area contributed by atoms with E-state index in [9.17, 15) is 0 Å². The van der Waals surface area contributed by atoms with E-state index in [-0.39, 0.29) is 0 Å². The maximum absolute atomic E-state index is 4.48. The highest BCUT2D eigenvalue weighted by Crippen LogP contribution is 2.26. The lowest BCUT2D eigenvalue weighted by Gasteiger charge is -2.21. The van der Waals surface area contributed by atoms with E-state index < -0.39 is 0 Å². The van der Waals surface area contributed by atoms with Crippen LogP contribution in [0.15, 0.2) is 17.4 Å². The lowest BCUT2D eigenvalue weighted by Crippen LogP contribution is -2.39. The molecule has 130 valence electrons. The highest BCUT2D eigenvalue weighted by atomic mass is 15.3. The molecule has 0 saturated carbocycles. The highest BCUT2D eigenvalue weighted by Gasteiger charge is 2.27. The maximum Gasteiger partial charge on any atom is 0.193 e. The fraction of sp³-hybridized carbons (Fsp3) is 0.588. The molecule has 7 nitrogen and oxygen atoms in total. The van der Waals surface area contributed by atoms with Gasteiger partial charge in [0.1, 0.15) is 0 Å². The van der Waals surface area contributed by atoms with Crippen molar-refractivity contribution in [3.05, 3.63) is 34.9 Å². The van der Waals surface area contributed by atoms with Crippen molar-refractivity contribution >= 4 is 5.96 Å². The van der Waals surface area contributed by atoms with Gasteiger partial charge in [0, 0.05) is 64.1 Å². The summed E-state index contributed by atoms with van der Waals surface area (Å²) in [7, 11) is 5.80. The zero-order valence-electron chi connectivity index (χ0n) is 15.2. The monoisotopic (exact) mass is 329 g/mol. The van der Waals surface area contributed by atoms with E-state index in [1.807, 2.05) is 36.7 Å². The molecule has 1 N–H and O–H groups in total. The molecule has 0 aliphatic carbocycles. The minimum absolute atomic E-state index is 0.527. The van der Waals surface area contributed by atoms with Gasteiger partial charge in [-0.2, -0.15) is 10.2 Å². The third kappa shape index (κ3) is 3.16. The van der Waals surface area contributed by atoms with Crippen LogP contribution >= 0.6 is 0 Å². The molecule has 1 aliphatic heterocycles. The van der Waals surface area contributed by atoms with Gasteiger partial charge >= 0.3 is 0 Å². The van der Waals surface area contributed by atoms with Gasteiger partial charge in [-0.1, -0.05) is 0 Å². The number of hydrogen-bond acceptors (Lipinski definition) is 3. The molecule has 1 aliphatic rings. The van der Waals surface area contributed by atoms with E-state index in [0.29, 0.717) is 5.92 Å². The molecule has 0 aromatic carbocycles. The Labute approximate surface area is 143 Å². The molecule has 3 rings (SSSR count). The smallest absolute Gasteiger partial charge is 0.193 e. The van der Waals surface area contributed by atoms with Crippen LogP contribution in [0.5, 0.6) is 0 Å². The zero-order chi connectivity index (χ0) is 17.3. The van der Waals surface area contributed by atoms with Crippen molar-refractivity contribution in [2.45, 2.75) is 32.7 Å². The van der Waals surface area contributed by atoms with Gasteiger partial charge in [-0.25, -0.2) is 0 Å². The molecule has 1 atom stereocenters. The molecule has 0 bridgehead atoms. The van der Waals surface area contributed by atoms with Crippen molar-refractivity contribution in [2.75, 3.05) is 20.1 Å². The van der Waals surface area contributed by atoms with E-state index in [0.717, 1.165) is 37.7 Å². The summed E-state index contributed by atoms with van der Waals surface area (Å²) in [5, 5.41) is 12.3. The van der Waals surface area contributed by atoms with Crippen LogP contribution < -0.4 is 5.32 Å². The van der Waals surface area contributed by atoms with Gasteiger partial charge in [-0.3, -0.25) is 14.4 Å². The largest absolute Gasteiger partial charge is 0.352 e. The first-order chi connectivity index (χ1) is 11.5. The van der Waals surface area contributed by atoms with Crippen LogP contribution in [-0.2, 0) is 20.6 Å². The second-order valence-corrected chi connectivity index (χ2v) is 6.55. The van der Waals surface area contributed by atoms with Gasteiger partial charge in [0.25, 0.3) is 0 Å². The highest BCUT2D eigenvalue weighted by molar-refractivity contribution is 5.80. The summed E-state index contributed by atoms with van der Waals surface area (Å²) in [6, 6.07) is 0. The van der Waals surface area contributed by atoms with Crippen molar-refractivity contribution in [3.8, 4) is 0 Å². The molecule has 0 spiro atoms. The molecule has 0 amide bonds. The number of aryl methyl sites for hydroxylation is 3. The van der Waals surface area contributed by atoms with E-state index >= 15 is 0 Å². The van der Waals surface area contributed by atoms with Crippen molar-refractivity contribution in [3.63, 3.8) is 0 Å². The number of aromatic nitrogens is 4. The molecule has 7 heteroatoms. The number of aliphatic imine (C=N–C) groups is 1. The Balaban J connectivity index is 1.63. The second-order valence-electron chi connectivity index (χ2n) is 6.55. The maximum atomic E-state index is 4.48. The zero-order valence-corrected chi connectivity index (χ0v) is 15.2. The van der Waals surface area contributed by atoms with Gasteiger partial charge < -0.3 is 10.2 Å². The molecule has 1 fully saturated rings. The molecule has 1 unspecified atom stereocenters. The Morgan fingerprint density at radius 1 is 1.38 bits per heavy atom. The number of hydrogen-bond donors (Lipinski definition) is 1. The van der Waals surface area contributed by atoms with Gasteiger partial charge in [-0.15, -0.1) is 0 Å². The summed E-state index contributed by atoms with van der Waals surface area (Å²) < 4.78 is 3.81. The average molecular weight is 329 g/mol. The quantitative estimate of drug-likeness (QED) is 0.682. The lowest BCUT2D eigenvalue weighted by atomic mass is 10.0. The molecule has 24 heavy (non-hydrogen) atoms. The van der Waals surface area contributed by atoms with Gasteiger partial charge in [0.05, 0.1) is 11.9 Å². The van der Waals surface area contributed by atoms with Crippen LogP contribution in [0.2, 0.25) is 0 Å². The standard InChI is InChI=1S/C17H27N7/c1-12-16(13(2)23(5)21-12)9-19-17(18-3)24-7-6-14(11-24)15-8-20-22(4)10-15/h8,10,14H,6-7,9,11H2,1-5H3,(H,18,19). The normalized spacial score (nSPS) is 18.5. The Morgan fingerprint density at radius 3 is 2.75 bits per heavy atom. The van der Waals surface area contributed by atoms with Crippen molar-refractivity contribution in [1.82, 2.24) is 29.8 Å². The topological polar surface area (TPSA) is 63.3 Å². The molecule has 1 saturated heterocycles. The van der Waals surface area contributed by atoms with E-state index in [1.54, 1.807) is 0 Å². The first-order valence-corrected chi connectivity index (χ1v) is 8.42. The minimum Gasteiger partial charge on any atom is -0.352 e. The van der Waals surface area contributed by atoms with Crippen LogP contribution in [0.4, 0.5) is 0 Å². The lowest BCUT2D eigenvalue weighted by molar-refractivity contribution is 0.485. The van der Waals surface area contributed by atoms with Crippen LogP contribution in [0.1, 0.15) is 34.9 Å². The molecular formula is C17H27N7. The predicted octanol–water partition coefficient (Wildman–Crippen LogP) is 1.34. The number of rotatable bonds is 3. The van der Waals surface area contributed by atoms with Gasteiger partial charge in [-0.05, 0) is 25.8 Å². The molecule has 0 radical (unpaired) electrons. The van der Waals surface area contributed by atoms with Crippen molar-refractivity contribution in [1.29, 1.82) is 0 Å². The van der Waals surface area contributed by atoms with E-state index in [1.165, 1.54) is 16.8 Å². The first-order valence-electron chi connectivity index (χ1n) is 8.42. The summed E-state index contributed by atoms with van der Waals surface area (Å²) >= 11 is 0. The molecule has 2 aromatic heterocycles. The Morgan fingerprint density at radius 2 is 2.17 bits per heavy atom. The fourth-order valence-corrected chi connectivity index (χ4v) is 3.45. The Kier molecular flexibility index (Phi) is 4.59. The Bertz CT molecular complexity index is 740. The van der Waals surface area contributed by atoms with Gasteiger partial charge in [0.2, 0.25) is 0 Å². The summed E-state index contributed by atoms with van der Waals surface area (Å²) in [4.78, 5) is 6.80. The molecule has 2 aromatic rings. The Hall–Kier alpha value is -2.31. The fourth-order valence-electron chi connectivity index (χ4n) is 3.45. The van der Waals surface area contributed by atoms with Crippen molar-refractivity contribution < 1.29 is 0 Å². The van der Waals surface area contributed by atoms with Crippen LogP contribution in [-0.4, -0.2) is 50.6 Å². The van der Waals surface area contributed by atoms with Crippen LogP contribution in [0, 0.1) is 13.8 Å². The molecule has 3 heterocycles. The van der Waals surface area contributed by atoms with Gasteiger partial charge in [0.15, 0.2) is 5.96 Å². The third-order valence-corrected chi connectivity index (χ3v) is 4.98. The van der Waals surface area contributed by atoms with E-state index in [4.69, 9.17) is 0 Å². The van der Waals surface area contributed by atoms with Crippen LogP contribution in [0.25, 0.3) is 0 Å². The number of likely N-dealkylation sites (tertiary alicyclic amines) is 1. The third-order valence-electron chi connectivity index (χ3n) is 4.98. The summed E-state index contributed by atoms with van der Waals surface area (Å²) in [6.45, 7) is 6.92. The number of guanidine groups is 1. The SMILES string of the molecule is CN=C(NCc1c(C)nn(C)c1C)N1CCC(c2cnn(C)c2)C1. The predicted molar refractivity (Wildman–Crippen MR) is 95.0 cm³/mol. The van der Waals surface area contributed by atoms with Crippen LogP contribution in [0.3, 0.4) is 0 Å². The molecular weight excluding hydrogens is 302 g/mol. The number of nitrogens with zero attached hydrogens (tertiary/aromatic N) is 6. The summed E-state index contributed by atoms with van der Waals surface area (Å²) in [5.74, 6) is 1.49. The van der Waals surface area contributed by atoms with Crippen molar-refractivity contribution in [2.24, 2.45) is 19.1 Å². The summed E-state index contributed by atoms with van der Waals surface area (Å²) in [6.07, 6.45) is 5.23. The number of nitrogens with one attached hydrogen (secondary N) is 1. The first kappa shape index (κ1) is 16.5.